The van der Waals surface area contributed by atoms with Crippen molar-refractivity contribution in [1.29, 1.82) is 0 Å². The lowest BCUT2D eigenvalue weighted by atomic mass is 9.93. The van der Waals surface area contributed by atoms with Crippen molar-refractivity contribution in [3.8, 4) is 0 Å². The van der Waals surface area contributed by atoms with Crippen LogP contribution in [0.15, 0.2) is 0 Å². The zero-order chi connectivity index (χ0) is 13.7. The average molecular weight is 281 g/mol. The molecule has 0 spiro atoms. The molecule has 0 bridgehead atoms. The maximum absolute atomic E-state index is 5.83. The Morgan fingerprint density at radius 2 is 1.33 bits per heavy atom. The molecule has 0 saturated heterocycles. The molecule has 0 aromatic rings. The summed E-state index contributed by atoms with van der Waals surface area (Å²) in [6.07, 6.45) is 3.28. The van der Waals surface area contributed by atoms with Crippen LogP contribution in [0.25, 0.3) is 0 Å². The molecule has 0 aliphatic carbocycles. The number of rotatable bonds is 13. The summed E-state index contributed by atoms with van der Waals surface area (Å²) in [4.78, 5) is 0. The lowest BCUT2D eigenvalue weighted by Crippen LogP contribution is -2.17. The zero-order valence-electron chi connectivity index (χ0n) is 12.2. The molecule has 0 radical (unpaired) electrons. The summed E-state index contributed by atoms with van der Waals surface area (Å²) in [5, 5.41) is 0. The minimum Gasteiger partial charge on any atom is -0.379 e. The van der Waals surface area contributed by atoms with Crippen LogP contribution in [0.3, 0.4) is 0 Å². The SMILES string of the molecule is CCCCOCCOCCOCCC(C)(C)CCl. The molecule has 0 fully saturated rings. The Morgan fingerprint density at radius 3 is 1.83 bits per heavy atom. The smallest absolute Gasteiger partial charge is 0.0701 e. The molecule has 110 valence electrons. The maximum atomic E-state index is 5.83. The summed E-state index contributed by atoms with van der Waals surface area (Å²) in [5.74, 6) is 0.669. The Hall–Kier alpha value is 0.170. The molecule has 0 N–H and O–H groups in total. The van der Waals surface area contributed by atoms with Gasteiger partial charge in [0, 0.05) is 19.1 Å². The third-order valence-corrected chi connectivity index (χ3v) is 3.39. The number of hydrogen-bond donors (Lipinski definition) is 0. The van der Waals surface area contributed by atoms with Crippen molar-refractivity contribution >= 4 is 11.6 Å². The van der Waals surface area contributed by atoms with E-state index < -0.39 is 0 Å². The van der Waals surface area contributed by atoms with Gasteiger partial charge in [0.1, 0.15) is 0 Å². The van der Waals surface area contributed by atoms with E-state index in [0.717, 1.165) is 26.1 Å². The van der Waals surface area contributed by atoms with Gasteiger partial charge in [-0.3, -0.25) is 0 Å². The van der Waals surface area contributed by atoms with Crippen LogP contribution in [0.2, 0.25) is 0 Å². The van der Waals surface area contributed by atoms with Crippen LogP contribution in [0.4, 0.5) is 0 Å². The van der Waals surface area contributed by atoms with Crippen LogP contribution in [-0.2, 0) is 14.2 Å². The van der Waals surface area contributed by atoms with Crippen molar-refractivity contribution in [2.45, 2.75) is 40.0 Å². The third-order valence-electron chi connectivity index (χ3n) is 2.67. The molecule has 0 atom stereocenters. The fraction of sp³-hybridized carbons (Fsp3) is 1.00. The second kappa shape index (κ2) is 12.2. The van der Waals surface area contributed by atoms with Gasteiger partial charge in [0.2, 0.25) is 0 Å². The van der Waals surface area contributed by atoms with Crippen molar-refractivity contribution in [1.82, 2.24) is 0 Å². The van der Waals surface area contributed by atoms with Gasteiger partial charge in [-0.15, -0.1) is 11.6 Å². The number of ether oxygens (including phenoxy) is 3. The highest BCUT2D eigenvalue weighted by Crippen LogP contribution is 2.21. The van der Waals surface area contributed by atoms with Crippen LogP contribution in [0.5, 0.6) is 0 Å². The van der Waals surface area contributed by atoms with Crippen LogP contribution in [0.1, 0.15) is 40.0 Å². The topological polar surface area (TPSA) is 27.7 Å². The molecule has 3 nitrogen and oxygen atoms in total. The minimum absolute atomic E-state index is 0.162. The molecule has 0 aromatic heterocycles. The predicted octanol–water partition coefficient (Wildman–Crippen LogP) is 3.49. The second-order valence-corrected chi connectivity index (χ2v) is 5.51. The molecule has 0 amide bonds. The maximum Gasteiger partial charge on any atom is 0.0701 e. The highest BCUT2D eigenvalue weighted by molar-refractivity contribution is 6.18. The summed E-state index contributed by atoms with van der Waals surface area (Å²) < 4.78 is 16.3. The Morgan fingerprint density at radius 1 is 0.833 bits per heavy atom. The van der Waals surface area contributed by atoms with Gasteiger partial charge in [-0.2, -0.15) is 0 Å². The average Bonchev–Trinajstić information content (AvgIpc) is 2.36. The van der Waals surface area contributed by atoms with E-state index in [1.807, 2.05) is 0 Å². The van der Waals surface area contributed by atoms with Gasteiger partial charge < -0.3 is 14.2 Å². The van der Waals surface area contributed by atoms with Gasteiger partial charge in [0.15, 0.2) is 0 Å². The Kier molecular flexibility index (Phi) is 12.3. The first-order valence-electron chi connectivity index (χ1n) is 6.91. The van der Waals surface area contributed by atoms with Gasteiger partial charge in [-0.05, 0) is 18.3 Å². The molecule has 0 rings (SSSR count). The van der Waals surface area contributed by atoms with Gasteiger partial charge in [0.25, 0.3) is 0 Å². The quantitative estimate of drug-likeness (QED) is 0.382. The number of alkyl halides is 1. The van der Waals surface area contributed by atoms with E-state index in [1.54, 1.807) is 0 Å². The fourth-order valence-corrected chi connectivity index (χ4v) is 1.34. The van der Waals surface area contributed by atoms with Crippen LogP contribution in [0, 0.1) is 5.41 Å². The van der Waals surface area contributed by atoms with Crippen molar-refractivity contribution in [3.05, 3.63) is 0 Å². The molecule has 0 aromatic carbocycles. The van der Waals surface area contributed by atoms with Gasteiger partial charge in [-0.1, -0.05) is 27.2 Å². The largest absolute Gasteiger partial charge is 0.379 e. The normalized spacial score (nSPS) is 12.0. The molecule has 4 heteroatoms. The van der Waals surface area contributed by atoms with Gasteiger partial charge in [-0.25, -0.2) is 0 Å². The monoisotopic (exact) mass is 280 g/mol. The minimum atomic E-state index is 0.162. The molecule has 0 aliphatic heterocycles. The summed E-state index contributed by atoms with van der Waals surface area (Å²) in [5.41, 5.74) is 0.162. The van der Waals surface area contributed by atoms with Crippen LogP contribution < -0.4 is 0 Å². The Bertz CT molecular complexity index is 174. The first-order valence-corrected chi connectivity index (χ1v) is 7.45. The van der Waals surface area contributed by atoms with Crippen LogP contribution in [-0.4, -0.2) is 45.5 Å². The Labute approximate surface area is 117 Å². The van der Waals surface area contributed by atoms with E-state index in [1.165, 1.54) is 6.42 Å². The van der Waals surface area contributed by atoms with E-state index in [2.05, 4.69) is 20.8 Å². The van der Waals surface area contributed by atoms with Crippen molar-refractivity contribution in [2.75, 3.05) is 45.5 Å². The van der Waals surface area contributed by atoms with Crippen LogP contribution >= 0.6 is 11.6 Å². The zero-order valence-corrected chi connectivity index (χ0v) is 12.9. The third kappa shape index (κ3) is 12.6. The number of halogens is 1. The van der Waals surface area contributed by atoms with Gasteiger partial charge in [0.05, 0.1) is 26.4 Å². The second-order valence-electron chi connectivity index (χ2n) is 5.24. The lowest BCUT2D eigenvalue weighted by Gasteiger charge is -2.20. The molecule has 0 unspecified atom stereocenters. The predicted molar refractivity (Wildman–Crippen MR) is 76.5 cm³/mol. The van der Waals surface area contributed by atoms with E-state index in [9.17, 15) is 0 Å². The summed E-state index contributed by atoms with van der Waals surface area (Å²) in [7, 11) is 0. The molecule has 18 heavy (non-hydrogen) atoms. The molecule has 0 aliphatic rings. The molecule has 0 heterocycles. The van der Waals surface area contributed by atoms with E-state index in [0.29, 0.717) is 32.3 Å². The summed E-state index contributed by atoms with van der Waals surface area (Å²) >= 11 is 5.83. The van der Waals surface area contributed by atoms with Gasteiger partial charge >= 0.3 is 0 Å². The van der Waals surface area contributed by atoms with E-state index in [4.69, 9.17) is 25.8 Å². The number of unbranched alkanes of at least 4 members (excludes halogenated alkanes) is 1. The van der Waals surface area contributed by atoms with E-state index >= 15 is 0 Å². The lowest BCUT2D eigenvalue weighted by molar-refractivity contribution is 0.0101. The highest BCUT2D eigenvalue weighted by atomic mass is 35.5. The summed E-state index contributed by atoms with van der Waals surface area (Å²) in [6.45, 7) is 10.6. The Balaban J connectivity index is 3.08. The van der Waals surface area contributed by atoms with Crippen molar-refractivity contribution in [2.24, 2.45) is 5.41 Å². The highest BCUT2D eigenvalue weighted by Gasteiger charge is 2.15. The molecular formula is C14H29ClO3. The first-order chi connectivity index (χ1) is 8.62. The van der Waals surface area contributed by atoms with E-state index in [-0.39, 0.29) is 5.41 Å². The summed E-state index contributed by atoms with van der Waals surface area (Å²) in [6, 6.07) is 0. The standard InChI is InChI=1S/C14H29ClO3/c1-4-5-7-16-9-11-18-12-10-17-8-6-14(2,3)13-15/h4-13H2,1-3H3. The first kappa shape index (κ1) is 18.2. The van der Waals surface area contributed by atoms with Crippen molar-refractivity contribution < 1.29 is 14.2 Å². The fourth-order valence-electron chi connectivity index (χ4n) is 1.20. The molecular weight excluding hydrogens is 252 g/mol. The van der Waals surface area contributed by atoms with Crippen molar-refractivity contribution in [3.63, 3.8) is 0 Å². The number of hydrogen-bond acceptors (Lipinski definition) is 3. The molecule has 0 saturated carbocycles.